The summed E-state index contributed by atoms with van der Waals surface area (Å²) in [5, 5.41) is 13.9. The predicted molar refractivity (Wildman–Crippen MR) is 101 cm³/mol. The third-order valence-corrected chi connectivity index (χ3v) is 5.15. The number of aromatic nitrogens is 2. The molecule has 8 nitrogen and oxygen atoms in total. The normalized spacial score (nSPS) is 11.0. The third-order valence-electron chi connectivity index (χ3n) is 3.18. The van der Waals surface area contributed by atoms with Gasteiger partial charge in [-0.1, -0.05) is 23.1 Å². The molecular formula is C16H17F3N4O4S2. The van der Waals surface area contributed by atoms with E-state index in [1.165, 1.54) is 54.5 Å². The molecule has 0 aliphatic heterocycles. The number of ether oxygens (including phenoxy) is 2. The van der Waals surface area contributed by atoms with Crippen molar-refractivity contribution >= 4 is 45.8 Å². The third kappa shape index (κ3) is 9.00. The van der Waals surface area contributed by atoms with Crippen molar-refractivity contribution in [3.63, 3.8) is 0 Å². The highest BCUT2D eigenvalue weighted by Gasteiger charge is 2.30. The fourth-order valence-corrected chi connectivity index (χ4v) is 3.52. The van der Waals surface area contributed by atoms with Gasteiger partial charge in [0.15, 0.2) is 4.34 Å². The molecule has 158 valence electrons. The Morgan fingerprint density at radius 1 is 1.21 bits per heavy atom. The Labute approximate surface area is 172 Å². The SMILES string of the molecule is COC(=O)CCCNC(=O)CSc1nnc(Nc2ccc(OC(F)(F)F)cc2)s1. The zero-order valence-electron chi connectivity index (χ0n) is 15.1. The summed E-state index contributed by atoms with van der Waals surface area (Å²) < 4.78 is 45.3. The van der Waals surface area contributed by atoms with Crippen LogP contribution in [0.4, 0.5) is 24.0 Å². The number of hydrogen-bond acceptors (Lipinski definition) is 9. The summed E-state index contributed by atoms with van der Waals surface area (Å²) in [7, 11) is 1.31. The predicted octanol–water partition coefficient (Wildman–Crippen LogP) is 3.34. The van der Waals surface area contributed by atoms with E-state index in [1.54, 1.807) is 0 Å². The number of hydrogen-bond donors (Lipinski definition) is 2. The van der Waals surface area contributed by atoms with E-state index in [1.807, 2.05) is 0 Å². The summed E-state index contributed by atoms with van der Waals surface area (Å²) in [6.07, 6.45) is -4.02. The quantitative estimate of drug-likeness (QED) is 0.323. The monoisotopic (exact) mass is 450 g/mol. The molecule has 0 atom stereocenters. The van der Waals surface area contributed by atoms with Crippen LogP contribution in [0, 0.1) is 0 Å². The van der Waals surface area contributed by atoms with Gasteiger partial charge in [-0.3, -0.25) is 9.59 Å². The van der Waals surface area contributed by atoms with Gasteiger partial charge in [-0.15, -0.1) is 23.4 Å². The minimum atomic E-state index is -4.74. The number of nitrogens with one attached hydrogen (secondary N) is 2. The Morgan fingerprint density at radius 2 is 1.93 bits per heavy atom. The van der Waals surface area contributed by atoms with E-state index in [0.717, 1.165) is 0 Å². The number of amides is 1. The van der Waals surface area contributed by atoms with Gasteiger partial charge in [0, 0.05) is 18.7 Å². The summed E-state index contributed by atoms with van der Waals surface area (Å²) in [5.74, 6) is -0.722. The van der Waals surface area contributed by atoms with E-state index in [-0.39, 0.29) is 29.8 Å². The summed E-state index contributed by atoms with van der Waals surface area (Å²) >= 11 is 2.39. The average molecular weight is 450 g/mol. The standard InChI is InChI=1S/C16H17F3N4O4S2/c1-26-13(25)3-2-8-20-12(24)9-28-15-23-22-14(29-15)21-10-4-6-11(7-5-10)27-16(17,18)19/h4-7H,2-3,8-9H2,1H3,(H,20,24)(H,21,22). The summed E-state index contributed by atoms with van der Waals surface area (Å²) in [6.45, 7) is 0.367. The average Bonchev–Trinajstić information content (AvgIpc) is 3.11. The fourth-order valence-electron chi connectivity index (χ4n) is 1.92. The number of benzene rings is 1. The highest BCUT2D eigenvalue weighted by Crippen LogP contribution is 2.29. The maximum absolute atomic E-state index is 12.2. The topological polar surface area (TPSA) is 102 Å². The number of rotatable bonds is 10. The molecule has 0 saturated heterocycles. The van der Waals surface area contributed by atoms with Crippen molar-refractivity contribution in [1.82, 2.24) is 15.5 Å². The van der Waals surface area contributed by atoms with Gasteiger partial charge >= 0.3 is 12.3 Å². The minimum Gasteiger partial charge on any atom is -0.469 e. The van der Waals surface area contributed by atoms with Crippen molar-refractivity contribution in [3.05, 3.63) is 24.3 Å². The van der Waals surface area contributed by atoms with Gasteiger partial charge in [-0.25, -0.2) is 0 Å². The van der Waals surface area contributed by atoms with Gasteiger partial charge in [-0.05, 0) is 30.7 Å². The molecule has 1 heterocycles. The first-order chi connectivity index (χ1) is 13.7. The van der Waals surface area contributed by atoms with Crippen LogP contribution in [-0.4, -0.2) is 47.8 Å². The molecule has 0 spiro atoms. The zero-order chi connectivity index (χ0) is 21.3. The van der Waals surface area contributed by atoms with Crippen LogP contribution in [0.5, 0.6) is 5.75 Å². The number of thioether (sulfide) groups is 1. The molecule has 0 unspecified atom stereocenters. The van der Waals surface area contributed by atoms with E-state index in [0.29, 0.717) is 28.1 Å². The second-order valence-electron chi connectivity index (χ2n) is 5.39. The number of esters is 1. The lowest BCUT2D eigenvalue weighted by molar-refractivity contribution is -0.274. The Bertz CT molecular complexity index is 815. The van der Waals surface area contributed by atoms with Crippen LogP contribution < -0.4 is 15.4 Å². The Kier molecular flexibility index (Phi) is 8.51. The molecule has 0 radical (unpaired) electrons. The van der Waals surface area contributed by atoms with Crippen LogP contribution in [0.1, 0.15) is 12.8 Å². The molecule has 0 saturated carbocycles. The molecule has 2 N–H and O–H groups in total. The van der Waals surface area contributed by atoms with Crippen molar-refractivity contribution < 1.29 is 32.2 Å². The van der Waals surface area contributed by atoms with Crippen molar-refractivity contribution in [2.24, 2.45) is 0 Å². The van der Waals surface area contributed by atoms with E-state index in [4.69, 9.17) is 0 Å². The van der Waals surface area contributed by atoms with Gasteiger partial charge in [0.25, 0.3) is 0 Å². The number of alkyl halides is 3. The Hall–Kier alpha value is -2.54. The lowest BCUT2D eigenvalue weighted by Gasteiger charge is -2.09. The minimum absolute atomic E-state index is 0.135. The molecule has 1 amide bonds. The number of nitrogens with zero attached hydrogens (tertiary/aromatic N) is 2. The van der Waals surface area contributed by atoms with Gasteiger partial charge in [0.1, 0.15) is 5.75 Å². The molecule has 2 aromatic rings. The first kappa shape index (κ1) is 22.7. The number of carbonyl (C=O) groups is 2. The first-order valence-electron chi connectivity index (χ1n) is 8.18. The molecular weight excluding hydrogens is 433 g/mol. The van der Waals surface area contributed by atoms with Crippen LogP contribution in [0.25, 0.3) is 0 Å². The summed E-state index contributed by atoms with van der Waals surface area (Å²) in [5.41, 5.74) is 0.510. The van der Waals surface area contributed by atoms with Crippen molar-refractivity contribution in [2.75, 3.05) is 24.7 Å². The summed E-state index contributed by atoms with van der Waals surface area (Å²) in [4.78, 5) is 22.7. The maximum atomic E-state index is 12.2. The van der Waals surface area contributed by atoms with Crippen LogP contribution in [0.2, 0.25) is 0 Å². The number of methoxy groups -OCH3 is 1. The van der Waals surface area contributed by atoms with Crippen molar-refractivity contribution in [2.45, 2.75) is 23.5 Å². The molecule has 1 aromatic heterocycles. The first-order valence-corrected chi connectivity index (χ1v) is 9.98. The van der Waals surface area contributed by atoms with E-state index >= 15 is 0 Å². The van der Waals surface area contributed by atoms with E-state index in [9.17, 15) is 22.8 Å². The van der Waals surface area contributed by atoms with Crippen molar-refractivity contribution in [3.8, 4) is 5.75 Å². The molecule has 0 fully saturated rings. The molecule has 1 aromatic carbocycles. The number of anilines is 2. The van der Waals surface area contributed by atoms with Crippen LogP contribution >= 0.6 is 23.1 Å². The van der Waals surface area contributed by atoms with Gasteiger partial charge in [-0.2, -0.15) is 0 Å². The highest BCUT2D eigenvalue weighted by molar-refractivity contribution is 8.01. The number of carbonyl (C=O) groups excluding carboxylic acids is 2. The molecule has 2 rings (SSSR count). The Morgan fingerprint density at radius 3 is 2.59 bits per heavy atom. The number of halogens is 3. The second-order valence-corrected chi connectivity index (χ2v) is 7.59. The van der Waals surface area contributed by atoms with E-state index < -0.39 is 6.36 Å². The van der Waals surface area contributed by atoms with Gasteiger partial charge in [0.2, 0.25) is 11.0 Å². The fraction of sp³-hybridized carbons (Fsp3) is 0.375. The lowest BCUT2D eigenvalue weighted by atomic mass is 10.3. The summed E-state index contributed by atoms with van der Waals surface area (Å²) in [6, 6.07) is 5.18. The molecule has 29 heavy (non-hydrogen) atoms. The zero-order valence-corrected chi connectivity index (χ0v) is 16.7. The largest absolute Gasteiger partial charge is 0.573 e. The van der Waals surface area contributed by atoms with Crippen molar-refractivity contribution in [1.29, 1.82) is 0 Å². The Balaban J connectivity index is 1.73. The highest BCUT2D eigenvalue weighted by atomic mass is 32.2. The van der Waals surface area contributed by atoms with E-state index in [2.05, 4.69) is 30.3 Å². The van der Waals surface area contributed by atoms with Gasteiger partial charge < -0.3 is 20.1 Å². The van der Waals surface area contributed by atoms with Crippen LogP contribution in [0.3, 0.4) is 0 Å². The molecule has 0 bridgehead atoms. The van der Waals surface area contributed by atoms with Crippen LogP contribution in [-0.2, 0) is 14.3 Å². The van der Waals surface area contributed by atoms with Gasteiger partial charge in [0.05, 0.1) is 12.9 Å². The molecule has 0 aliphatic carbocycles. The maximum Gasteiger partial charge on any atom is 0.573 e. The molecule has 13 heteroatoms. The second kappa shape index (κ2) is 10.9. The smallest absolute Gasteiger partial charge is 0.469 e. The lowest BCUT2D eigenvalue weighted by Crippen LogP contribution is -2.26. The molecule has 0 aliphatic rings. The van der Waals surface area contributed by atoms with Crippen LogP contribution in [0.15, 0.2) is 28.6 Å².